The molecule has 0 aliphatic rings. The van der Waals surface area contributed by atoms with Crippen molar-refractivity contribution in [2.45, 2.75) is 0 Å². The van der Waals surface area contributed by atoms with E-state index in [1.54, 1.807) is 0 Å². The van der Waals surface area contributed by atoms with Gasteiger partial charge in [0.05, 0.1) is 0 Å². The zero-order valence-corrected chi connectivity index (χ0v) is 23.1. The van der Waals surface area contributed by atoms with Gasteiger partial charge in [-0.1, -0.05) is 121 Å². The van der Waals surface area contributed by atoms with E-state index in [4.69, 9.17) is 0 Å². The topological polar surface area (TPSA) is 0 Å². The van der Waals surface area contributed by atoms with Crippen molar-refractivity contribution in [3.8, 4) is 21.6 Å². The molecule has 9 aromatic rings. The van der Waals surface area contributed by atoms with Crippen LogP contribution in [0.3, 0.4) is 0 Å². The summed E-state index contributed by atoms with van der Waals surface area (Å²) in [4.78, 5) is 1.31. The molecule has 0 aliphatic heterocycles. The molecule has 0 saturated carbocycles. The fourth-order valence-corrected chi connectivity index (χ4v) is 7.82. The molecule has 0 nitrogen and oxygen atoms in total. The van der Waals surface area contributed by atoms with Crippen molar-refractivity contribution < 1.29 is 0 Å². The predicted octanol–water partition coefficient (Wildman–Crippen LogP) is 12.0. The van der Waals surface area contributed by atoms with Gasteiger partial charge >= 0.3 is 0 Å². The smallest absolute Gasteiger partial charge is 0.0355 e. The predicted molar refractivity (Wildman–Crippen MR) is 180 cm³/mol. The molecule has 0 radical (unpaired) electrons. The molecular formula is C40H24S. The van der Waals surface area contributed by atoms with Crippen LogP contribution in [0.15, 0.2) is 146 Å². The van der Waals surface area contributed by atoms with Crippen LogP contribution in [0.4, 0.5) is 0 Å². The van der Waals surface area contributed by atoms with E-state index in [1.807, 2.05) is 11.3 Å². The Morgan fingerprint density at radius 1 is 0.317 bits per heavy atom. The molecule has 0 amide bonds. The minimum atomic E-state index is 1.24. The van der Waals surface area contributed by atoms with E-state index in [2.05, 4.69) is 146 Å². The molecule has 0 unspecified atom stereocenters. The molecule has 0 spiro atoms. The van der Waals surface area contributed by atoms with Crippen LogP contribution in [-0.2, 0) is 0 Å². The highest BCUT2D eigenvalue weighted by Crippen LogP contribution is 2.46. The first-order valence-corrected chi connectivity index (χ1v) is 14.9. The van der Waals surface area contributed by atoms with Gasteiger partial charge in [-0.2, -0.15) is 0 Å². The zero-order valence-electron chi connectivity index (χ0n) is 22.3. The Bertz CT molecular complexity index is 2430. The first kappa shape index (κ1) is 22.8. The first-order valence-electron chi connectivity index (χ1n) is 14.1. The van der Waals surface area contributed by atoms with Crippen molar-refractivity contribution in [1.82, 2.24) is 0 Å². The fraction of sp³-hybridized carbons (Fsp3) is 0. The average Bonchev–Trinajstić information content (AvgIpc) is 3.49. The summed E-state index contributed by atoms with van der Waals surface area (Å²) in [7, 11) is 0. The molecule has 1 heteroatoms. The lowest BCUT2D eigenvalue weighted by molar-refractivity contribution is 1.65. The van der Waals surface area contributed by atoms with Crippen LogP contribution in [0.1, 0.15) is 0 Å². The van der Waals surface area contributed by atoms with E-state index in [-0.39, 0.29) is 0 Å². The van der Waals surface area contributed by atoms with Crippen LogP contribution in [0.25, 0.3) is 85.5 Å². The highest BCUT2D eigenvalue weighted by molar-refractivity contribution is 7.22. The lowest BCUT2D eigenvalue weighted by atomic mass is 9.86. The van der Waals surface area contributed by atoms with Gasteiger partial charge in [-0.05, 0) is 100 Å². The minimum absolute atomic E-state index is 1.24. The number of thiophene rings is 1. The molecule has 0 bridgehead atoms. The summed E-state index contributed by atoms with van der Waals surface area (Å²) in [5.41, 5.74) is 3.77. The van der Waals surface area contributed by atoms with Crippen molar-refractivity contribution >= 4 is 75.3 Å². The van der Waals surface area contributed by atoms with Crippen LogP contribution in [-0.4, -0.2) is 0 Å². The van der Waals surface area contributed by atoms with Gasteiger partial charge in [-0.3, -0.25) is 0 Å². The SMILES string of the molecule is c1ccc(-c2ccc3c4ccc(-c5cc6ccccc6s5)cc4c4c5ccccc5c5ccccc5c4c3c2)cc1. The van der Waals surface area contributed by atoms with E-state index in [0.29, 0.717) is 0 Å². The van der Waals surface area contributed by atoms with Crippen LogP contribution in [0.2, 0.25) is 0 Å². The van der Waals surface area contributed by atoms with Crippen LogP contribution < -0.4 is 0 Å². The highest BCUT2D eigenvalue weighted by atomic mass is 32.1. The molecule has 190 valence electrons. The lowest BCUT2D eigenvalue weighted by Gasteiger charge is -2.17. The van der Waals surface area contributed by atoms with Gasteiger partial charge in [-0.25, -0.2) is 0 Å². The number of benzene rings is 8. The number of fused-ring (bicyclic) bond motifs is 12. The van der Waals surface area contributed by atoms with E-state index >= 15 is 0 Å². The summed E-state index contributed by atoms with van der Waals surface area (Å²) in [6, 6.07) is 53.8. The fourth-order valence-electron chi connectivity index (χ4n) is 6.76. The summed E-state index contributed by atoms with van der Waals surface area (Å²) in [6.45, 7) is 0. The summed E-state index contributed by atoms with van der Waals surface area (Å²) in [6.07, 6.45) is 0. The van der Waals surface area contributed by atoms with Gasteiger partial charge in [0.15, 0.2) is 0 Å². The maximum Gasteiger partial charge on any atom is 0.0355 e. The molecule has 0 aliphatic carbocycles. The Hall–Kier alpha value is -4.98. The number of hydrogen-bond donors (Lipinski definition) is 0. The van der Waals surface area contributed by atoms with Crippen molar-refractivity contribution in [3.63, 3.8) is 0 Å². The number of hydrogen-bond acceptors (Lipinski definition) is 1. The normalized spacial score (nSPS) is 11.9. The van der Waals surface area contributed by atoms with E-state index < -0.39 is 0 Å². The first-order chi connectivity index (χ1) is 20.3. The van der Waals surface area contributed by atoms with Gasteiger partial charge in [0.25, 0.3) is 0 Å². The van der Waals surface area contributed by atoms with Gasteiger partial charge in [0.2, 0.25) is 0 Å². The van der Waals surface area contributed by atoms with Gasteiger partial charge in [0.1, 0.15) is 0 Å². The van der Waals surface area contributed by atoms with Gasteiger partial charge in [-0.15, -0.1) is 11.3 Å². The average molecular weight is 537 g/mol. The summed E-state index contributed by atoms with van der Waals surface area (Å²) >= 11 is 1.87. The van der Waals surface area contributed by atoms with Crippen molar-refractivity contribution in [2.24, 2.45) is 0 Å². The van der Waals surface area contributed by atoms with Crippen LogP contribution in [0, 0.1) is 0 Å². The monoisotopic (exact) mass is 536 g/mol. The maximum absolute atomic E-state index is 2.44. The standard InChI is InChI=1S/C40H24S/c1-2-10-25(11-3-1)26-18-20-31-32-21-19-28(38-24-27-12-4-9-17-37(27)41-38)23-36(32)40-34-16-8-6-14-30(34)29-13-5-7-15-33(29)39(40)35(31)22-26/h1-24H. The van der Waals surface area contributed by atoms with Crippen molar-refractivity contribution in [1.29, 1.82) is 0 Å². The van der Waals surface area contributed by atoms with Gasteiger partial charge in [0, 0.05) is 9.58 Å². The Morgan fingerprint density at radius 2 is 0.829 bits per heavy atom. The highest BCUT2D eigenvalue weighted by Gasteiger charge is 2.17. The van der Waals surface area contributed by atoms with Crippen molar-refractivity contribution in [3.05, 3.63) is 146 Å². The molecule has 9 rings (SSSR count). The minimum Gasteiger partial charge on any atom is -0.135 e. The lowest BCUT2D eigenvalue weighted by Crippen LogP contribution is -1.89. The van der Waals surface area contributed by atoms with Crippen LogP contribution >= 0.6 is 11.3 Å². The molecule has 0 saturated heterocycles. The third kappa shape index (κ3) is 3.40. The molecular weight excluding hydrogens is 513 g/mol. The molecule has 8 aromatic carbocycles. The summed E-state index contributed by atoms with van der Waals surface area (Å²) in [5, 5.41) is 14.5. The Morgan fingerprint density at radius 3 is 1.49 bits per heavy atom. The van der Waals surface area contributed by atoms with E-state index in [9.17, 15) is 0 Å². The molecule has 0 fully saturated rings. The van der Waals surface area contributed by atoms with Gasteiger partial charge < -0.3 is 0 Å². The number of rotatable bonds is 2. The second-order valence-corrected chi connectivity index (χ2v) is 12.0. The second kappa shape index (κ2) is 8.76. The Kier molecular flexibility index (Phi) is 4.87. The molecule has 0 N–H and O–H groups in total. The third-order valence-corrected chi connectivity index (χ3v) is 9.78. The maximum atomic E-state index is 2.44. The van der Waals surface area contributed by atoms with Crippen molar-refractivity contribution in [2.75, 3.05) is 0 Å². The largest absolute Gasteiger partial charge is 0.135 e. The van der Waals surface area contributed by atoms with E-state index in [0.717, 1.165) is 0 Å². The molecule has 1 aromatic heterocycles. The second-order valence-electron chi connectivity index (χ2n) is 10.9. The summed E-state index contributed by atoms with van der Waals surface area (Å²) < 4.78 is 1.33. The Balaban J connectivity index is 1.49. The Labute approximate surface area is 241 Å². The third-order valence-electron chi connectivity index (χ3n) is 8.62. The van der Waals surface area contributed by atoms with E-state index in [1.165, 1.54) is 85.5 Å². The zero-order chi connectivity index (χ0) is 26.9. The quantitative estimate of drug-likeness (QED) is 0.193. The molecule has 41 heavy (non-hydrogen) atoms. The summed E-state index contributed by atoms with van der Waals surface area (Å²) in [5.74, 6) is 0. The molecule has 1 heterocycles. The van der Waals surface area contributed by atoms with Crippen LogP contribution in [0.5, 0.6) is 0 Å². The molecule has 0 atom stereocenters.